The van der Waals surface area contributed by atoms with Crippen molar-refractivity contribution in [3.63, 3.8) is 0 Å². The Morgan fingerprint density at radius 2 is 1.44 bits per heavy atom. The van der Waals surface area contributed by atoms with Gasteiger partial charge in [0.25, 0.3) is 5.91 Å². The van der Waals surface area contributed by atoms with E-state index in [2.05, 4.69) is 15.1 Å². The molecule has 0 radical (unpaired) electrons. The molecule has 4 aliphatic rings. The van der Waals surface area contributed by atoms with E-state index in [0.717, 1.165) is 93.9 Å². The Kier molecular flexibility index (Phi) is 11.9. The van der Waals surface area contributed by atoms with Crippen LogP contribution in [0.15, 0.2) is 36.4 Å². The van der Waals surface area contributed by atoms with Crippen LogP contribution in [0.2, 0.25) is 10.0 Å². The molecule has 11 nitrogen and oxygen atoms in total. The first-order valence-electron chi connectivity index (χ1n) is 20.7. The molecular weight excluding hydrogens is 761 g/mol. The second kappa shape index (κ2) is 17.1. The number of halogens is 2. The van der Waals surface area contributed by atoms with E-state index >= 15 is 0 Å². The number of nitrogens with one attached hydrogen (secondary N) is 1. The lowest BCUT2D eigenvalue weighted by molar-refractivity contribution is -0.143. The number of imidazole rings is 2. The third-order valence-electron chi connectivity index (χ3n) is 13.2. The lowest BCUT2D eigenvalue weighted by atomic mass is 9.80. The van der Waals surface area contributed by atoms with Crippen LogP contribution in [-0.2, 0) is 51.2 Å². The largest absolute Gasteiger partial charge is 0.481 e. The van der Waals surface area contributed by atoms with Gasteiger partial charge in [0.2, 0.25) is 5.78 Å². The normalized spacial score (nSPS) is 20.6. The van der Waals surface area contributed by atoms with E-state index in [1.54, 1.807) is 6.07 Å². The molecule has 2 aromatic heterocycles. The lowest BCUT2D eigenvalue weighted by Crippen LogP contribution is -2.40. The van der Waals surface area contributed by atoms with Crippen molar-refractivity contribution in [3.05, 3.63) is 86.4 Å². The van der Waals surface area contributed by atoms with Crippen LogP contribution in [0.25, 0.3) is 11.1 Å². The summed E-state index contributed by atoms with van der Waals surface area (Å²) in [6.45, 7) is 4.30. The third kappa shape index (κ3) is 8.31. The molecule has 2 N–H and O–H groups in total. The average Bonchev–Trinajstić information content (AvgIpc) is 3.74. The maximum absolute atomic E-state index is 13.8. The standard InChI is InChI=1S/C44H53Cl2N7O4/c1-50-37-20-23-53(30-9-4-3-5-10-30)26-35(37)47-41(50)38(54)24-29-8-6-11-31(39(29)45)32-12-7-13-33(40(32)46)49-43(55)42-48-34-25-52(22-19-36(34)51(42)2)21-18-27-14-16-28(17-15-27)44(56)57/h6-8,11-13,27-28,30H,3-5,9-10,14-26H2,1-2H3,(H,49,55)(H,56,57). The van der Waals surface area contributed by atoms with E-state index in [1.165, 1.54) is 32.1 Å². The number of carbonyl (C=O) groups excluding carboxylic acids is 2. The molecule has 302 valence electrons. The number of aromatic nitrogens is 4. The number of carbonyl (C=O) groups is 3. The summed E-state index contributed by atoms with van der Waals surface area (Å²) in [5, 5.41) is 13.1. The number of Topliss-reactive ketones (excluding diaryl/α,β-unsaturated/α-hetero) is 1. The predicted molar refractivity (Wildman–Crippen MR) is 222 cm³/mol. The summed E-state index contributed by atoms with van der Waals surface area (Å²) in [4.78, 5) is 53.5. The fourth-order valence-electron chi connectivity index (χ4n) is 9.79. The molecule has 2 saturated carbocycles. The Hall–Kier alpha value is -4.03. The van der Waals surface area contributed by atoms with Gasteiger partial charge in [0, 0.05) is 88.1 Å². The molecule has 4 aromatic rings. The molecule has 4 heterocycles. The summed E-state index contributed by atoms with van der Waals surface area (Å²) in [6, 6.07) is 11.7. The molecule has 0 bridgehead atoms. The van der Waals surface area contributed by atoms with Crippen LogP contribution in [0.4, 0.5) is 5.69 Å². The molecule has 8 rings (SSSR count). The minimum atomic E-state index is -0.666. The lowest BCUT2D eigenvalue weighted by Gasteiger charge is -2.36. The summed E-state index contributed by atoms with van der Waals surface area (Å²) >= 11 is 14.1. The second-order valence-corrected chi connectivity index (χ2v) is 17.4. The minimum absolute atomic E-state index is 0.0805. The van der Waals surface area contributed by atoms with E-state index in [1.807, 2.05) is 53.6 Å². The van der Waals surface area contributed by atoms with Crippen molar-refractivity contribution in [1.29, 1.82) is 0 Å². The molecule has 2 aromatic carbocycles. The van der Waals surface area contributed by atoms with Crippen molar-refractivity contribution >= 4 is 46.5 Å². The predicted octanol–water partition coefficient (Wildman–Crippen LogP) is 8.14. The molecule has 1 amide bonds. The monoisotopic (exact) mass is 813 g/mol. The van der Waals surface area contributed by atoms with Gasteiger partial charge in [-0.25, -0.2) is 9.97 Å². The first kappa shape index (κ1) is 39.8. The van der Waals surface area contributed by atoms with Crippen LogP contribution in [0.5, 0.6) is 0 Å². The van der Waals surface area contributed by atoms with Gasteiger partial charge in [-0.05, 0) is 69.0 Å². The molecule has 0 saturated heterocycles. The van der Waals surface area contributed by atoms with E-state index in [0.29, 0.717) is 62.6 Å². The van der Waals surface area contributed by atoms with E-state index in [9.17, 15) is 19.5 Å². The summed E-state index contributed by atoms with van der Waals surface area (Å²) in [7, 11) is 3.83. The Balaban J connectivity index is 0.921. The van der Waals surface area contributed by atoms with Gasteiger partial charge in [-0.3, -0.25) is 24.2 Å². The number of benzene rings is 2. The minimum Gasteiger partial charge on any atom is -0.481 e. The number of fused-ring (bicyclic) bond motifs is 2. The SMILES string of the molecule is Cn1c(C(=O)Cc2cccc(-c3cccc(NC(=O)c4nc5c(n4C)CCN(CCC4CCC(C(=O)O)CC4)C5)c3Cl)c2Cl)nc2c1CCN(C1CCCCC1)C2. The first-order chi connectivity index (χ1) is 27.5. The van der Waals surface area contributed by atoms with E-state index in [-0.39, 0.29) is 24.0 Å². The number of rotatable bonds is 11. The highest BCUT2D eigenvalue weighted by atomic mass is 35.5. The summed E-state index contributed by atoms with van der Waals surface area (Å²) in [5.41, 5.74) is 6.58. The van der Waals surface area contributed by atoms with E-state index in [4.69, 9.17) is 33.2 Å². The van der Waals surface area contributed by atoms with Gasteiger partial charge in [-0.2, -0.15) is 0 Å². The van der Waals surface area contributed by atoms with E-state index < -0.39 is 5.97 Å². The average molecular weight is 815 g/mol. The Labute approximate surface area is 344 Å². The smallest absolute Gasteiger partial charge is 0.306 e. The summed E-state index contributed by atoms with van der Waals surface area (Å²) in [5.74, 6) is 0.0617. The first-order valence-corrected chi connectivity index (χ1v) is 21.5. The molecule has 0 unspecified atom stereocenters. The van der Waals surface area contributed by atoms with Gasteiger partial charge in [0.05, 0.1) is 33.0 Å². The van der Waals surface area contributed by atoms with Crippen molar-refractivity contribution in [2.45, 2.75) is 103 Å². The van der Waals surface area contributed by atoms with Crippen molar-refractivity contribution in [1.82, 2.24) is 28.9 Å². The molecule has 57 heavy (non-hydrogen) atoms. The number of aliphatic carboxylic acids is 1. The number of anilines is 1. The number of hydrogen-bond acceptors (Lipinski definition) is 7. The highest BCUT2D eigenvalue weighted by Crippen LogP contribution is 2.39. The highest BCUT2D eigenvalue weighted by molar-refractivity contribution is 6.39. The third-order valence-corrected chi connectivity index (χ3v) is 14.0. The van der Waals surface area contributed by atoms with Crippen molar-refractivity contribution < 1.29 is 19.5 Å². The maximum atomic E-state index is 13.8. The summed E-state index contributed by atoms with van der Waals surface area (Å²) in [6.07, 6.45) is 12.7. The van der Waals surface area contributed by atoms with Crippen molar-refractivity contribution in [2.24, 2.45) is 25.9 Å². The van der Waals surface area contributed by atoms with Gasteiger partial charge < -0.3 is 19.6 Å². The highest BCUT2D eigenvalue weighted by Gasteiger charge is 2.31. The Morgan fingerprint density at radius 3 is 2.18 bits per heavy atom. The van der Waals surface area contributed by atoms with Gasteiger partial charge >= 0.3 is 5.97 Å². The molecule has 13 heteroatoms. The quantitative estimate of drug-likeness (QED) is 0.146. The van der Waals surface area contributed by atoms with Gasteiger partial charge in [0.1, 0.15) is 0 Å². The van der Waals surface area contributed by atoms with Crippen LogP contribution in [0.3, 0.4) is 0 Å². The van der Waals surface area contributed by atoms with Crippen molar-refractivity contribution in [3.8, 4) is 11.1 Å². The zero-order valence-corrected chi connectivity index (χ0v) is 34.5. The number of hydrogen-bond donors (Lipinski definition) is 2. The second-order valence-electron chi connectivity index (χ2n) is 16.7. The van der Waals surface area contributed by atoms with Gasteiger partial charge in [-0.15, -0.1) is 0 Å². The van der Waals surface area contributed by atoms with Crippen LogP contribution in [-0.4, -0.2) is 77.3 Å². The molecular formula is C44H53Cl2N7O4. The number of nitrogens with zero attached hydrogens (tertiary/aromatic N) is 6. The molecule has 2 fully saturated rings. The van der Waals surface area contributed by atoms with Crippen LogP contribution >= 0.6 is 23.2 Å². The fourth-order valence-corrected chi connectivity index (χ4v) is 10.4. The zero-order valence-electron chi connectivity index (χ0n) is 33.0. The fraction of sp³-hybridized carbons (Fsp3) is 0.523. The summed E-state index contributed by atoms with van der Waals surface area (Å²) < 4.78 is 3.86. The van der Waals surface area contributed by atoms with Gasteiger partial charge in [0.15, 0.2) is 11.6 Å². The number of amides is 1. The number of ketones is 1. The molecule has 0 spiro atoms. The molecule has 2 aliphatic carbocycles. The molecule has 0 atom stereocenters. The zero-order chi connectivity index (χ0) is 39.8. The van der Waals surface area contributed by atoms with Crippen LogP contribution < -0.4 is 5.32 Å². The van der Waals surface area contributed by atoms with Crippen LogP contribution in [0, 0.1) is 11.8 Å². The topological polar surface area (TPSA) is 126 Å². The van der Waals surface area contributed by atoms with Crippen molar-refractivity contribution in [2.75, 3.05) is 25.0 Å². The Morgan fingerprint density at radius 1 is 0.789 bits per heavy atom. The molecule has 2 aliphatic heterocycles. The Bertz CT molecular complexity index is 2160. The maximum Gasteiger partial charge on any atom is 0.306 e. The number of carboxylic acid groups (broad SMARTS) is 1. The number of carboxylic acids is 1. The van der Waals surface area contributed by atoms with Crippen LogP contribution in [0.1, 0.15) is 114 Å². The van der Waals surface area contributed by atoms with Gasteiger partial charge in [-0.1, -0.05) is 72.8 Å².